The van der Waals surface area contributed by atoms with Gasteiger partial charge in [-0.1, -0.05) is 35.3 Å². The Labute approximate surface area is 207 Å². The smallest absolute Gasteiger partial charge is 0.343 e. The van der Waals surface area contributed by atoms with Crippen molar-refractivity contribution in [2.75, 3.05) is 0 Å². The molecule has 4 rings (SSSR count). The van der Waals surface area contributed by atoms with Gasteiger partial charge in [-0.3, -0.25) is 0 Å². The molecule has 1 atom stereocenters. The molecular weight excluding hydrogens is 475 g/mol. The van der Waals surface area contributed by atoms with Gasteiger partial charge in [-0.25, -0.2) is 4.79 Å². The van der Waals surface area contributed by atoms with Crippen molar-refractivity contribution >= 4 is 29.2 Å². The Balaban J connectivity index is 1.62. The van der Waals surface area contributed by atoms with Crippen LogP contribution >= 0.6 is 23.2 Å². The molecule has 1 aliphatic rings. The third-order valence-electron chi connectivity index (χ3n) is 5.14. The van der Waals surface area contributed by atoms with Crippen molar-refractivity contribution in [3.8, 4) is 23.3 Å². The average molecular weight is 495 g/mol. The molecule has 8 heteroatoms. The molecule has 1 unspecified atom stereocenters. The predicted molar refractivity (Wildman–Crippen MR) is 129 cm³/mol. The van der Waals surface area contributed by atoms with E-state index >= 15 is 0 Å². The van der Waals surface area contributed by atoms with Crippen LogP contribution in [0.3, 0.4) is 0 Å². The molecule has 0 spiro atoms. The fraction of sp³-hybridized carbons (Fsp3) is 0.154. The number of halogens is 2. The minimum absolute atomic E-state index is 0.0315. The highest BCUT2D eigenvalue weighted by molar-refractivity contribution is 6.42. The van der Waals surface area contributed by atoms with Crippen molar-refractivity contribution in [2.45, 2.75) is 25.9 Å². The summed E-state index contributed by atoms with van der Waals surface area (Å²) in [5, 5.41) is 10.5. The van der Waals surface area contributed by atoms with E-state index in [9.17, 15) is 10.1 Å². The Kier molecular flexibility index (Phi) is 6.69. The van der Waals surface area contributed by atoms with E-state index in [-0.39, 0.29) is 23.3 Å². The second-order valence-electron chi connectivity index (χ2n) is 7.88. The van der Waals surface area contributed by atoms with E-state index < -0.39 is 11.9 Å². The van der Waals surface area contributed by atoms with Crippen LogP contribution in [0.5, 0.6) is 17.2 Å². The summed E-state index contributed by atoms with van der Waals surface area (Å²) in [4.78, 5) is 12.6. The second kappa shape index (κ2) is 9.68. The van der Waals surface area contributed by atoms with Crippen LogP contribution in [-0.4, -0.2) is 12.1 Å². The summed E-state index contributed by atoms with van der Waals surface area (Å²) in [6.45, 7) is 3.85. The van der Waals surface area contributed by atoms with Crippen LogP contribution in [0.25, 0.3) is 0 Å². The Morgan fingerprint density at radius 3 is 2.38 bits per heavy atom. The predicted octanol–water partition coefficient (Wildman–Crippen LogP) is 6.22. The third-order valence-corrected chi connectivity index (χ3v) is 5.88. The Bertz CT molecular complexity index is 1330. The molecule has 0 radical (unpaired) electrons. The number of benzene rings is 3. The molecule has 0 aliphatic carbocycles. The second-order valence-corrected chi connectivity index (χ2v) is 8.69. The summed E-state index contributed by atoms with van der Waals surface area (Å²) in [6.07, 6.45) is 0.0315. The molecule has 172 valence electrons. The van der Waals surface area contributed by atoms with Crippen LogP contribution < -0.4 is 19.9 Å². The van der Waals surface area contributed by atoms with Gasteiger partial charge in [-0.05, 0) is 61.9 Å². The molecule has 1 aliphatic heterocycles. The van der Waals surface area contributed by atoms with Gasteiger partial charge < -0.3 is 19.9 Å². The number of hydrogen-bond acceptors (Lipinski definition) is 6. The lowest BCUT2D eigenvalue weighted by Gasteiger charge is -2.27. The van der Waals surface area contributed by atoms with Crippen LogP contribution in [0.15, 0.2) is 72.1 Å². The number of hydrogen-bond donors (Lipinski definition) is 1. The zero-order valence-corrected chi connectivity index (χ0v) is 19.9. The van der Waals surface area contributed by atoms with Crippen LogP contribution in [0.1, 0.15) is 41.3 Å². The first kappa shape index (κ1) is 23.5. The molecule has 0 bridgehead atoms. The summed E-state index contributed by atoms with van der Waals surface area (Å²) in [7, 11) is 0. The molecule has 2 N–H and O–H groups in total. The van der Waals surface area contributed by atoms with Crippen LogP contribution in [0.4, 0.5) is 0 Å². The Morgan fingerprint density at radius 2 is 1.74 bits per heavy atom. The molecule has 0 amide bonds. The molecule has 0 saturated heterocycles. The zero-order chi connectivity index (χ0) is 24.4. The lowest BCUT2D eigenvalue weighted by atomic mass is 9.83. The number of esters is 1. The van der Waals surface area contributed by atoms with Crippen molar-refractivity contribution in [2.24, 2.45) is 5.73 Å². The van der Waals surface area contributed by atoms with Crippen molar-refractivity contribution in [3.05, 3.63) is 98.9 Å². The summed E-state index contributed by atoms with van der Waals surface area (Å²) in [5.41, 5.74) is 8.07. The summed E-state index contributed by atoms with van der Waals surface area (Å²) in [5.74, 6) is 0.231. The van der Waals surface area contributed by atoms with Gasteiger partial charge in [0.25, 0.3) is 0 Å². The van der Waals surface area contributed by atoms with Crippen molar-refractivity contribution in [1.82, 2.24) is 0 Å². The monoisotopic (exact) mass is 494 g/mol. The highest BCUT2D eigenvalue weighted by Gasteiger charge is 2.31. The largest absolute Gasteiger partial charge is 0.491 e. The maximum absolute atomic E-state index is 12.6. The highest BCUT2D eigenvalue weighted by Crippen LogP contribution is 2.44. The van der Waals surface area contributed by atoms with E-state index in [1.807, 2.05) is 13.8 Å². The number of allylic oxidation sites excluding steroid dienone is 1. The minimum atomic E-state index is -0.533. The van der Waals surface area contributed by atoms with Crippen LogP contribution in [0.2, 0.25) is 10.0 Å². The average Bonchev–Trinajstić information content (AvgIpc) is 2.80. The molecule has 3 aromatic carbocycles. The molecule has 34 heavy (non-hydrogen) atoms. The Hall–Kier alpha value is -3.66. The van der Waals surface area contributed by atoms with Crippen molar-refractivity contribution in [3.63, 3.8) is 0 Å². The molecule has 0 saturated carbocycles. The maximum Gasteiger partial charge on any atom is 0.343 e. The third kappa shape index (κ3) is 4.81. The highest BCUT2D eigenvalue weighted by atomic mass is 35.5. The normalized spacial score (nSPS) is 14.8. The molecular formula is C26H20Cl2N2O4. The fourth-order valence-electron chi connectivity index (χ4n) is 3.64. The SMILES string of the molecule is CC(C)Oc1ccc(C(=O)Oc2ccc3c(c2)OC(N)=C(C#N)C3c2ccc(Cl)c(Cl)c2)cc1. The summed E-state index contributed by atoms with van der Waals surface area (Å²) < 4.78 is 16.8. The van der Waals surface area contributed by atoms with E-state index in [0.29, 0.717) is 32.7 Å². The number of carbonyl (C=O) groups excluding carboxylic acids is 1. The van der Waals surface area contributed by atoms with Gasteiger partial charge in [0, 0.05) is 11.6 Å². The van der Waals surface area contributed by atoms with Gasteiger partial charge in [-0.15, -0.1) is 0 Å². The number of nitriles is 1. The van der Waals surface area contributed by atoms with Gasteiger partial charge in [0.15, 0.2) is 0 Å². The number of carbonyl (C=O) groups is 1. The quantitative estimate of drug-likeness (QED) is 0.334. The minimum Gasteiger partial charge on any atom is -0.491 e. The van der Waals surface area contributed by atoms with Gasteiger partial charge >= 0.3 is 5.97 Å². The van der Waals surface area contributed by atoms with E-state index in [4.69, 9.17) is 43.1 Å². The number of nitrogens with two attached hydrogens (primary N) is 1. The standard InChI is InChI=1S/C26H20Cl2N2O4/c1-14(2)32-17-6-3-15(4-7-17)26(31)33-18-8-9-19-23(12-18)34-25(30)20(13-29)24(19)16-5-10-21(27)22(28)11-16/h3-12,14,24H,30H2,1-2H3. The molecule has 6 nitrogen and oxygen atoms in total. The van der Waals surface area contributed by atoms with E-state index in [0.717, 1.165) is 5.56 Å². The van der Waals surface area contributed by atoms with Crippen molar-refractivity contribution < 1.29 is 19.0 Å². The van der Waals surface area contributed by atoms with Gasteiger partial charge in [0.2, 0.25) is 5.88 Å². The topological polar surface area (TPSA) is 94.6 Å². The van der Waals surface area contributed by atoms with E-state index in [1.165, 1.54) is 0 Å². The van der Waals surface area contributed by atoms with Gasteiger partial charge in [0.05, 0.1) is 27.6 Å². The van der Waals surface area contributed by atoms with E-state index in [2.05, 4.69) is 6.07 Å². The number of fused-ring (bicyclic) bond motifs is 1. The summed E-state index contributed by atoms with van der Waals surface area (Å²) in [6, 6.07) is 18.9. The number of nitrogens with zero attached hydrogens (tertiary/aromatic N) is 1. The molecule has 0 aromatic heterocycles. The Morgan fingerprint density at radius 1 is 1.03 bits per heavy atom. The first-order valence-corrected chi connectivity index (χ1v) is 11.2. The first-order chi connectivity index (χ1) is 16.3. The number of ether oxygens (including phenoxy) is 3. The molecule has 3 aromatic rings. The fourth-order valence-corrected chi connectivity index (χ4v) is 3.95. The van der Waals surface area contributed by atoms with Gasteiger partial charge in [-0.2, -0.15) is 5.26 Å². The van der Waals surface area contributed by atoms with Crippen molar-refractivity contribution in [1.29, 1.82) is 5.26 Å². The number of rotatable bonds is 5. The molecule has 1 heterocycles. The van der Waals surface area contributed by atoms with E-state index in [1.54, 1.807) is 60.7 Å². The van der Waals surface area contributed by atoms with Crippen LogP contribution in [0, 0.1) is 11.3 Å². The van der Waals surface area contributed by atoms with Gasteiger partial charge in [0.1, 0.15) is 28.9 Å². The molecule has 0 fully saturated rings. The first-order valence-electron chi connectivity index (χ1n) is 10.4. The summed E-state index contributed by atoms with van der Waals surface area (Å²) >= 11 is 12.3. The maximum atomic E-state index is 12.6. The van der Waals surface area contributed by atoms with Crippen LogP contribution in [-0.2, 0) is 0 Å². The zero-order valence-electron chi connectivity index (χ0n) is 18.3. The lowest BCUT2D eigenvalue weighted by Crippen LogP contribution is -2.21. The lowest BCUT2D eigenvalue weighted by molar-refractivity contribution is 0.0734.